The van der Waals surface area contributed by atoms with Gasteiger partial charge < -0.3 is 4.90 Å². The van der Waals surface area contributed by atoms with Crippen LogP contribution in [0.25, 0.3) is 16.3 Å². The van der Waals surface area contributed by atoms with Gasteiger partial charge in [0.2, 0.25) is 5.52 Å². The number of hydrogen-bond acceptors (Lipinski definition) is 6. The maximum absolute atomic E-state index is 8.31. The lowest BCUT2D eigenvalue weighted by Crippen LogP contribution is -2.29. The van der Waals surface area contributed by atoms with Crippen molar-refractivity contribution in [2.24, 2.45) is 7.05 Å². The molecule has 3 aromatic rings. The van der Waals surface area contributed by atoms with E-state index in [4.69, 9.17) is 5.26 Å². The van der Waals surface area contributed by atoms with Crippen molar-refractivity contribution in [2.75, 3.05) is 0 Å². The molecule has 0 saturated carbocycles. The average molecular weight is 412 g/mol. The molecular weight excluding hydrogens is 392 g/mol. The third-order valence-corrected chi connectivity index (χ3v) is 6.15. The smallest absolute Gasteiger partial charge is 0.263 e. The lowest BCUT2D eigenvalue weighted by Gasteiger charge is -2.18. The van der Waals surface area contributed by atoms with Crippen molar-refractivity contribution < 1.29 is 19.2 Å². The van der Waals surface area contributed by atoms with Crippen molar-refractivity contribution in [1.82, 2.24) is 4.90 Å². The van der Waals surface area contributed by atoms with Crippen molar-refractivity contribution in [3.05, 3.63) is 89.2 Å². The first kappa shape index (κ1) is 18.9. The molecule has 4 rings (SSSR count). The molecule has 0 saturated heterocycles. The predicted octanol–water partition coefficient (Wildman–Crippen LogP) is 5.08. The number of allylic oxidation sites excluding steroid dienone is 3. The molecule has 1 aromatic heterocycles. The highest BCUT2D eigenvalue weighted by Crippen LogP contribution is 2.28. The summed E-state index contributed by atoms with van der Waals surface area (Å²) in [6.45, 7) is 0.859. The number of hydrogen-bond donors (Lipinski definition) is 1. The molecule has 0 atom stereocenters. The summed E-state index contributed by atoms with van der Waals surface area (Å²) in [6.07, 6.45) is 10.6. The fraction of sp³-hybridized carbons (Fsp3) is 0.0952. The fourth-order valence-corrected chi connectivity index (χ4v) is 4.47. The van der Waals surface area contributed by atoms with E-state index in [0.717, 1.165) is 39.6 Å². The summed E-state index contributed by atoms with van der Waals surface area (Å²) < 4.78 is 7.85. The zero-order chi connectivity index (χ0) is 19.3. The van der Waals surface area contributed by atoms with Gasteiger partial charge in [-0.15, -0.1) is 4.33 Å². The van der Waals surface area contributed by atoms with Crippen molar-refractivity contribution in [3.63, 3.8) is 0 Å². The predicted molar refractivity (Wildman–Crippen MR) is 112 cm³/mol. The molecule has 28 heavy (non-hydrogen) atoms. The van der Waals surface area contributed by atoms with Crippen LogP contribution >= 0.6 is 23.4 Å². The van der Waals surface area contributed by atoms with Crippen LogP contribution in [0.2, 0.25) is 0 Å². The van der Waals surface area contributed by atoms with Crippen LogP contribution in [0.1, 0.15) is 10.6 Å². The largest absolute Gasteiger partial charge is 0.350 e. The van der Waals surface area contributed by atoms with Crippen molar-refractivity contribution in [2.45, 2.75) is 11.4 Å². The summed E-state index contributed by atoms with van der Waals surface area (Å²) in [5, 5.41) is 13.1. The van der Waals surface area contributed by atoms with Crippen LogP contribution in [0.5, 0.6) is 0 Å². The fourth-order valence-electron chi connectivity index (χ4n) is 2.99. The third kappa shape index (κ3) is 4.35. The molecule has 2 heterocycles. The average Bonchev–Trinajstić information content (AvgIpc) is 3.04. The zero-order valence-electron chi connectivity index (χ0n) is 15.2. The molecule has 1 aliphatic heterocycles. The molecule has 0 fully saturated rings. The van der Waals surface area contributed by atoms with E-state index < -0.39 is 0 Å². The minimum Gasteiger partial charge on any atom is -0.350 e. The first-order valence-corrected chi connectivity index (χ1v) is 10.2. The molecule has 0 radical (unpaired) electrons. The Balaban J connectivity index is 1.51. The first-order chi connectivity index (χ1) is 13.7. The van der Waals surface area contributed by atoms with E-state index in [1.807, 2.05) is 31.3 Å². The highest BCUT2D eigenvalue weighted by molar-refractivity contribution is 7.94. The summed E-state index contributed by atoms with van der Waals surface area (Å²) in [5.41, 5.74) is 3.53. The van der Waals surface area contributed by atoms with Gasteiger partial charge in [0.05, 0.1) is 12.0 Å². The van der Waals surface area contributed by atoms with Gasteiger partial charge in [-0.2, -0.15) is 4.57 Å². The topological polar surface area (TPSA) is 45.8 Å². The van der Waals surface area contributed by atoms with Crippen molar-refractivity contribution in [3.8, 4) is 0 Å². The van der Waals surface area contributed by atoms with Gasteiger partial charge in [0.15, 0.2) is 0 Å². The molecule has 0 amide bonds. The Bertz CT molecular complexity index is 1040. The van der Waals surface area contributed by atoms with Crippen LogP contribution in [0.4, 0.5) is 0 Å². The molecule has 5 nitrogen and oxygen atoms in total. The van der Waals surface area contributed by atoms with Crippen molar-refractivity contribution in [1.29, 1.82) is 0 Å². The highest BCUT2D eigenvalue weighted by Gasteiger charge is 2.16. The van der Waals surface area contributed by atoms with E-state index in [9.17, 15) is 0 Å². The molecule has 1 aliphatic rings. The van der Waals surface area contributed by atoms with Crippen LogP contribution in [0.3, 0.4) is 0 Å². The van der Waals surface area contributed by atoms with E-state index in [-0.39, 0.29) is 0 Å². The summed E-state index contributed by atoms with van der Waals surface area (Å²) >= 11 is 2.69. The Morgan fingerprint density at radius 1 is 1.14 bits per heavy atom. The molecule has 7 heteroatoms. The summed E-state index contributed by atoms with van der Waals surface area (Å²) in [6, 6.07) is 16.4. The molecule has 1 N–H and O–H groups in total. The second kappa shape index (κ2) is 8.72. The van der Waals surface area contributed by atoms with Gasteiger partial charge >= 0.3 is 0 Å². The summed E-state index contributed by atoms with van der Waals surface area (Å²) in [7, 11) is 2.04. The van der Waals surface area contributed by atoms with Crippen LogP contribution < -0.4 is 4.57 Å². The second-order valence-corrected chi connectivity index (χ2v) is 8.12. The Morgan fingerprint density at radius 3 is 2.68 bits per heavy atom. The number of aryl methyl sites for hydroxylation is 1. The van der Waals surface area contributed by atoms with Gasteiger partial charge in [-0.3, -0.25) is 0 Å². The molecule has 0 unspecified atom stereocenters. The number of fused-ring (bicyclic) bond motifs is 1. The van der Waals surface area contributed by atoms with Crippen LogP contribution in [-0.4, -0.2) is 10.2 Å². The van der Waals surface area contributed by atoms with E-state index in [0.29, 0.717) is 0 Å². The standard InChI is InChI=1S/C21H18N2O3S2/c1-22-19-14-18(28-26-25-24)7-8-20(19)27-21(22)13-16-9-11-23(12-10-16)15-17-5-3-2-4-6-17/h2-14H,15H2,1H3/p+1. The number of nitrogens with zero attached hydrogens (tertiary/aromatic N) is 2. The number of rotatable bonds is 6. The summed E-state index contributed by atoms with van der Waals surface area (Å²) in [5.74, 6) is 0. The van der Waals surface area contributed by atoms with E-state index in [1.54, 1.807) is 11.3 Å². The number of benzene rings is 2. The first-order valence-electron chi connectivity index (χ1n) is 8.68. The summed E-state index contributed by atoms with van der Waals surface area (Å²) in [4.78, 5) is 3.02. The van der Waals surface area contributed by atoms with E-state index >= 15 is 0 Å². The molecule has 0 spiro atoms. The second-order valence-electron chi connectivity index (χ2n) is 6.29. The van der Waals surface area contributed by atoms with Gasteiger partial charge in [-0.05, 0) is 35.4 Å². The number of thiazole rings is 1. The number of aromatic nitrogens is 1. The molecule has 0 bridgehead atoms. The van der Waals surface area contributed by atoms with Crippen LogP contribution in [0.15, 0.2) is 83.6 Å². The van der Waals surface area contributed by atoms with Crippen LogP contribution in [-0.2, 0) is 23.0 Å². The zero-order valence-corrected chi connectivity index (χ0v) is 16.8. The molecule has 142 valence electrons. The Kier molecular flexibility index (Phi) is 5.90. The maximum Gasteiger partial charge on any atom is 0.263 e. The monoisotopic (exact) mass is 411 g/mol. The molecule has 0 aliphatic carbocycles. The quantitative estimate of drug-likeness (QED) is 0.265. The van der Waals surface area contributed by atoms with Gasteiger partial charge in [0, 0.05) is 36.0 Å². The minimum atomic E-state index is 0.850. The molecule has 2 aromatic carbocycles. The Hall–Kier alpha value is -2.42. The van der Waals surface area contributed by atoms with E-state index in [2.05, 4.69) is 73.7 Å². The highest BCUT2D eigenvalue weighted by atomic mass is 32.2. The lowest BCUT2D eigenvalue weighted by molar-refractivity contribution is -0.642. The van der Waals surface area contributed by atoms with Gasteiger partial charge in [0.1, 0.15) is 11.7 Å². The normalized spacial score (nSPS) is 13.5. The van der Waals surface area contributed by atoms with Crippen LogP contribution in [0, 0.1) is 0 Å². The molecular formula is C21H19N2O3S2+. The van der Waals surface area contributed by atoms with Gasteiger partial charge in [-0.1, -0.05) is 46.7 Å². The minimum absolute atomic E-state index is 0.850. The third-order valence-electron chi connectivity index (χ3n) is 4.41. The maximum atomic E-state index is 8.31. The van der Waals surface area contributed by atoms with Gasteiger partial charge in [0.25, 0.3) is 5.01 Å². The Morgan fingerprint density at radius 2 is 1.93 bits per heavy atom. The van der Waals surface area contributed by atoms with Crippen molar-refractivity contribution >= 4 is 39.7 Å². The SMILES string of the molecule is C[n+]1c(C=C2C=CN(Cc3ccccc3)C=C2)sc2ccc(SOOO)cc21. The van der Waals surface area contributed by atoms with Gasteiger partial charge in [-0.25, -0.2) is 5.26 Å². The lowest BCUT2D eigenvalue weighted by atomic mass is 10.1. The van der Waals surface area contributed by atoms with E-state index in [1.165, 1.54) is 10.3 Å². The Labute approximate surface area is 171 Å².